The Balaban J connectivity index is 1.68. The van der Waals surface area contributed by atoms with Gasteiger partial charge < -0.3 is 10.1 Å². The van der Waals surface area contributed by atoms with Crippen molar-refractivity contribution in [2.75, 3.05) is 12.4 Å². The number of anilines is 1. The fourth-order valence-corrected chi connectivity index (χ4v) is 3.56. The molecule has 7 nitrogen and oxygen atoms in total. The standard InChI is InChI=1S/C19H21N5O2/c1-26-19-17(13-6-3-2-4-7-13)24-16(22-19)10-9-15(23-24)21-18(25)14-8-5-11-20-12-14/h5,8-13H,2-4,6-7H2,1H3,(H,21,23,25). The van der Waals surface area contributed by atoms with Crippen molar-refractivity contribution < 1.29 is 9.53 Å². The summed E-state index contributed by atoms with van der Waals surface area (Å²) in [5.41, 5.74) is 2.21. The molecule has 26 heavy (non-hydrogen) atoms. The lowest BCUT2D eigenvalue weighted by Gasteiger charge is -2.21. The van der Waals surface area contributed by atoms with E-state index >= 15 is 0 Å². The molecule has 1 amide bonds. The van der Waals surface area contributed by atoms with E-state index in [1.165, 1.54) is 25.5 Å². The summed E-state index contributed by atoms with van der Waals surface area (Å²) < 4.78 is 7.32. The molecule has 0 aromatic carbocycles. The largest absolute Gasteiger partial charge is 0.480 e. The lowest BCUT2D eigenvalue weighted by molar-refractivity contribution is 0.102. The normalized spacial score (nSPS) is 15.1. The number of rotatable bonds is 4. The molecule has 0 bridgehead atoms. The molecular formula is C19H21N5O2. The number of ether oxygens (including phenoxy) is 1. The number of amides is 1. The zero-order valence-corrected chi connectivity index (χ0v) is 14.7. The van der Waals surface area contributed by atoms with Gasteiger partial charge in [-0.2, -0.15) is 4.98 Å². The summed E-state index contributed by atoms with van der Waals surface area (Å²) in [7, 11) is 1.64. The summed E-state index contributed by atoms with van der Waals surface area (Å²) in [6, 6.07) is 7.05. The summed E-state index contributed by atoms with van der Waals surface area (Å²) in [5.74, 6) is 1.24. The molecule has 0 saturated heterocycles. The van der Waals surface area contributed by atoms with Gasteiger partial charge in [-0.3, -0.25) is 9.78 Å². The van der Waals surface area contributed by atoms with Crippen LogP contribution in [-0.2, 0) is 0 Å². The van der Waals surface area contributed by atoms with E-state index in [0.717, 1.165) is 24.2 Å². The average Bonchev–Trinajstić information content (AvgIpc) is 3.07. The van der Waals surface area contributed by atoms with E-state index in [4.69, 9.17) is 4.74 Å². The van der Waals surface area contributed by atoms with E-state index < -0.39 is 0 Å². The molecule has 1 aliphatic carbocycles. The van der Waals surface area contributed by atoms with Crippen molar-refractivity contribution in [2.24, 2.45) is 0 Å². The molecule has 1 N–H and O–H groups in total. The molecule has 0 radical (unpaired) electrons. The van der Waals surface area contributed by atoms with E-state index in [9.17, 15) is 4.79 Å². The lowest BCUT2D eigenvalue weighted by Crippen LogP contribution is -2.15. The Morgan fingerprint density at radius 1 is 1.23 bits per heavy atom. The second kappa shape index (κ2) is 7.11. The zero-order chi connectivity index (χ0) is 17.9. The zero-order valence-electron chi connectivity index (χ0n) is 14.7. The summed E-state index contributed by atoms with van der Waals surface area (Å²) in [5, 5.41) is 7.43. The predicted octanol–water partition coefficient (Wildman–Crippen LogP) is 3.43. The number of hydrogen-bond donors (Lipinski definition) is 1. The van der Waals surface area contributed by atoms with Crippen LogP contribution in [0.4, 0.5) is 5.82 Å². The summed E-state index contributed by atoms with van der Waals surface area (Å²) in [6.07, 6.45) is 9.07. The van der Waals surface area contributed by atoms with Crippen LogP contribution in [0.3, 0.4) is 0 Å². The van der Waals surface area contributed by atoms with Crippen molar-refractivity contribution in [3.05, 3.63) is 47.9 Å². The Kier molecular flexibility index (Phi) is 4.51. The van der Waals surface area contributed by atoms with Crippen LogP contribution in [0, 0.1) is 0 Å². The molecule has 1 fully saturated rings. The topological polar surface area (TPSA) is 81.4 Å². The van der Waals surface area contributed by atoms with Crippen LogP contribution in [0.25, 0.3) is 5.65 Å². The average molecular weight is 351 g/mol. The summed E-state index contributed by atoms with van der Waals surface area (Å²) in [6.45, 7) is 0. The van der Waals surface area contributed by atoms with Gasteiger partial charge in [-0.15, -0.1) is 5.10 Å². The van der Waals surface area contributed by atoms with E-state index in [2.05, 4.69) is 20.4 Å². The smallest absolute Gasteiger partial charge is 0.258 e. The number of aromatic nitrogens is 4. The van der Waals surface area contributed by atoms with Crippen LogP contribution in [0.1, 0.15) is 54.1 Å². The molecule has 0 aliphatic heterocycles. The van der Waals surface area contributed by atoms with Crippen molar-refractivity contribution >= 4 is 17.4 Å². The van der Waals surface area contributed by atoms with Gasteiger partial charge >= 0.3 is 0 Å². The predicted molar refractivity (Wildman–Crippen MR) is 97.6 cm³/mol. The van der Waals surface area contributed by atoms with Gasteiger partial charge in [0.05, 0.1) is 12.7 Å². The van der Waals surface area contributed by atoms with Crippen LogP contribution in [0.2, 0.25) is 0 Å². The number of fused-ring (bicyclic) bond motifs is 1. The van der Waals surface area contributed by atoms with E-state index in [1.54, 1.807) is 31.5 Å². The minimum absolute atomic E-state index is 0.240. The molecule has 0 spiro atoms. The minimum Gasteiger partial charge on any atom is -0.480 e. The van der Waals surface area contributed by atoms with Gasteiger partial charge in [0.15, 0.2) is 11.5 Å². The van der Waals surface area contributed by atoms with Crippen molar-refractivity contribution in [3.8, 4) is 5.88 Å². The number of imidazole rings is 1. The maximum absolute atomic E-state index is 12.4. The van der Waals surface area contributed by atoms with Crippen molar-refractivity contribution in [2.45, 2.75) is 38.0 Å². The Bertz CT molecular complexity index is 916. The molecule has 3 aromatic rings. The molecule has 3 heterocycles. The van der Waals surface area contributed by atoms with Crippen molar-refractivity contribution in [3.63, 3.8) is 0 Å². The van der Waals surface area contributed by atoms with Gasteiger partial charge in [-0.1, -0.05) is 19.3 Å². The van der Waals surface area contributed by atoms with Crippen molar-refractivity contribution in [1.29, 1.82) is 0 Å². The number of carbonyl (C=O) groups is 1. The van der Waals surface area contributed by atoms with Gasteiger partial charge in [0.25, 0.3) is 5.91 Å². The second-order valence-electron chi connectivity index (χ2n) is 6.53. The summed E-state index contributed by atoms with van der Waals surface area (Å²) >= 11 is 0. The van der Waals surface area contributed by atoms with Gasteiger partial charge in [-0.05, 0) is 37.1 Å². The molecular weight excluding hydrogens is 330 g/mol. The fraction of sp³-hybridized carbons (Fsp3) is 0.368. The highest BCUT2D eigenvalue weighted by molar-refractivity contribution is 6.03. The Labute approximate surface area is 151 Å². The minimum atomic E-state index is -0.240. The Morgan fingerprint density at radius 2 is 2.08 bits per heavy atom. The number of carbonyl (C=O) groups excluding carboxylic acids is 1. The van der Waals surface area contributed by atoms with Crippen LogP contribution in [0.5, 0.6) is 5.88 Å². The van der Waals surface area contributed by atoms with Gasteiger partial charge in [0, 0.05) is 18.3 Å². The third kappa shape index (κ3) is 3.12. The first-order valence-electron chi connectivity index (χ1n) is 8.91. The first-order valence-corrected chi connectivity index (χ1v) is 8.91. The van der Waals surface area contributed by atoms with Crippen LogP contribution in [-0.4, -0.2) is 32.6 Å². The van der Waals surface area contributed by atoms with E-state index in [-0.39, 0.29) is 5.91 Å². The first-order chi connectivity index (χ1) is 12.8. The highest BCUT2D eigenvalue weighted by Crippen LogP contribution is 2.37. The van der Waals surface area contributed by atoms with E-state index in [1.807, 2.05) is 10.6 Å². The molecule has 1 saturated carbocycles. The quantitative estimate of drug-likeness (QED) is 0.779. The molecule has 1 aliphatic rings. The van der Waals surface area contributed by atoms with Gasteiger partial charge in [-0.25, -0.2) is 4.52 Å². The van der Waals surface area contributed by atoms with Crippen LogP contribution < -0.4 is 10.1 Å². The monoisotopic (exact) mass is 351 g/mol. The molecule has 0 atom stereocenters. The molecule has 4 rings (SSSR count). The van der Waals surface area contributed by atoms with Crippen molar-refractivity contribution in [1.82, 2.24) is 19.6 Å². The summed E-state index contributed by atoms with van der Waals surface area (Å²) in [4.78, 5) is 20.9. The molecule has 134 valence electrons. The number of pyridine rings is 1. The molecule has 7 heteroatoms. The number of hydrogen-bond acceptors (Lipinski definition) is 5. The van der Waals surface area contributed by atoms with Crippen LogP contribution in [0.15, 0.2) is 36.7 Å². The number of nitrogens with one attached hydrogen (secondary N) is 1. The fourth-order valence-electron chi connectivity index (χ4n) is 3.56. The maximum Gasteiger partial charge on any atom is 0.258 e. The lowest BCUT2D eigenvalue weighted by atomic mass is 9.87. The Hall–Kier alpha value is -2.96. The van der Waals surface area contributed by atoms with Gasteiger partial charge in [0.1, 0.15) is 5.69 Å². The molecule has 3 aromatic heterocycles. The van der Waals surface area contributed by atoms with Crippen LogP contribution >= 0.6 is 0 Å². The molecule has 0 unspecified atom stereocenters. The van der Waals surface area contributed by atoms with E-state index in [0.29, 0.717) is 23.2 Å². The number of nitrogens with zero attached hydrogens (tertiary/aromatic N) is 4. The second-order valence-corrected chi connectivity index (χ2v) is 6.53. The first kappa shape index (κ1) is 16.5. The highest BCUT2D eigenvalue weighted by Gasteiger charge is 2.25. The maximum atomic E-state index is 12.4. The highest BCUT2D eigenvalue weighted by atomic mass is 16.5. The third-order valence-electron chi connectivity index (χ3n) is 4.83. The number of methoxy groups -OCH3 is 1. The SMILES string of the molecule is COc1nc2ccc(NC(=O)c3cccnc3)nn2c1C1CCCCC1. The van der Waals surface area contributed by atoms with Gasteiger partial charge in [0.2, 0.25) is 5.88 Å². The Morgan fingerprint density at radius 3 is 2.81 bits per heavy atom. The third-order valence-corrected chi connectivity index (χ3v) is 4.83.